The molecule has 1 atom stereocenters. The number of rotatable bonds is 3. The number of nitrogens with one attached hydrogen (secondary N) is 1. The molecule has 2 aromatic rings. The summed E-state index contributed by atoms with van der Waals surface area (Å²) >= 11 is 0. The maximum absolute atomic E-state index is 13.8. The van der Waals surface area contributed by atoms with Gasteiger partial charge < -0.3 is 15.3 Å². The topological polar surface area (TPSA) is 94.9 Å². The second-order valence-corrected chi connectivity index (χ2v) is 7.36. The molecular weight excluding hydrogens is 398 g/mol. The minimum absolute atomic E-state index is 0.0847. The van der Waals surface area contributed by atoms with E-state index >= 15 is 0 Å². The molecule has 2 amide bonds. The molecule has 0 bridgehead atoms. The lowest BCUT2D eigenvalue weighted by molar-refractivity contribution is 0.0591. The highest BCUT2D eigenvalue weighted by Crippen LogP contribution is 2.28. The summed E-state index contributed by atoms with van der Waals surface area (Å²) in [5.41, 5.74) is -1.68. The van der Waals surface area contributed by atoms with Gasteiger partial charge in [-0.2, -0.15) is 0 Å². The van der Waals surface area contributed by atoms with E-state index in [1.54, 1.807) is 7.05 Å². The monoisotopic (exact) mass is 418 g/mol. The molecule has 158 valence electrons. The number of pyridine rings is 1. The van der Waals surface area contributed by atoms with Crippen LogP contribution >= 0.6 is 0 Å². The highest BCUT2D eigenvalue weighted by molar-refractivity contribution is 5.99. The number of carbonyl (C=O) groups is 2. The molecule has 0 saturated carbocycles. The number of amides is 2. The highest BCUT2D eigenvalue weighted by atomic mass is 19.2. The first-order valence-electron chi connectivity index (χ1n) is 9.55. The molecule has 8 nitrogen and oxygen atoms in total. The van der Waals surface area contributed by atoms with Gasteiger partial charge in [0.1, 0.15) is 11.7 Å². The number of hydrogen-bond donors (Lipinski definition) is 2. The Morgan fingerprint density at radius 3 is 2.80 bits per heavy atom. The van der Waals surface area contributed by atoms with Crippen LogP contribution in [0.25, 0.3) is 0 Å². The number of hydrogen-bond acceptors (Lipinski definition) is 5. The smallest absolute Gasteiger partial charge is 0.277 e. The predicted octanol–water partition coefficient (Wildman–Crippen LogP) is 1.30. The lowest BCUT2D eigenvalue weighted by Gasteiger charge is -2.47. The van der Waals surface area contributed by atoms with Gasteiger partial charge in [-0.3, -0.25) is 24.1 Å². The van der Waals surface area contributed by atoms with Gasteiger partial charge >= 0.3 is 0 Å². The molecule has 0 aliphatic carbocycles. The van der Waals surface area contributed by atoms with Gasteiger partial charge in [-0.15, -0.1) is 0 Å². The van der Waals surface area contributed by atoms with Crippen molar-refractivity contribution in [3.8, 4) is 5.75 Å². The van der Waals surface area contributed by atoms with E-state index in [-0.39, 0.29) is 24.0 Å². The largest absolute Gasteiger partial charge is 0.502 e. The third-order valence-electron chi connectivity index (χ3n) is 5.57. The Kier molecular flexibility index (Phi) is 4.92. The fraction of sp³-hybridized carbons (Fsp3) is 0.350. The number of halogens is 2. The Labute approximate surface area is 170 Å². The SMILES string of the molecule is CN1C(=O)c2c(O)c(=O)c(C(=O)NCc3cccc(F)c3F)cn2N2CCCC[C@@H]12. The van der Waals surface area contributed by atoms with Gasteiger partial charge in [-0.1, -0.05) is 12.1 Å². The van der Waals surface area contributed by atoms with Gasteiger partial charge in [0.25, 0.3) is 11.8 Å². The Morgan fingerprint density at radius 1 is 1.27 bits per heavy atom. The van der Waals surface area contributed by atoms with E-state index in [1.165, 1.54) is 27.9 Å². The van der Waals surface area contributed by atoms with Crippen LogP contribution in [0.1, 0.15) is 45.7 Å². The Hall–Kier alpha value is -3.43. The quantitative estimate of drug-likeness (QED) is 0.784. The normalized spacial score (nSPS) is 18.1. The zero-order valence-electron chi connectivity index (χ0n) is 16.2. The van der Waals surface area contributed by atoms with Gasteiger partial charge in [-0.05, 0) is 25.3 Å². The van der Waals surface area contributed by atoms with Crippen molar-refractivity contribution in [2.24, 2.45) is 0 Å². The second kappa shape index (κ2) is 7.43. The van der Waals surface area contributed by atoms with Crippen molar-refractivity contribution in [3.63, 3.8) is 0 Å². The molecule has 2 N–H and O–H groups in total. The van der Waals surface area contributed by atoms with Crippen molar-refractivity contribution < 1.29 is 23.5 Å². The third kappa shape index (κ3) is 3.08. The average Bonchev–Trinajstić information content (AvgIpc) is 2.74. The molecule has 1 fully saturated rings. The summed E-state index contributed by atoms with van der Waals surface area (Å²) in [4.78, 5) is 39.4. The first-order chi connectivity index (χ1) is 14.3. The van der Waals surface area contributed by atoms with Crippen LogP contribution in [-0.4, -0.2) is 46.3 Å². The van der Waals surface area contributed by atoms with Crippen LogP contribution in [0.5, 0.6) is 5.75 Å². The molecule has 3 heterocycles. The summed E-state index contributed by atoms with van der Waals surface area (Å²) in [6.07, 6.45) is 3.46. The molecule has 0 unspecified atom stereocenters. The van der Waals surface area contributed by atoms with Gasteiger partial charge in [0, 0.05) is 31.9 Å². The van der Waals surface area contributed by atoms with Crippen molar-refractivity contribution in [3.05, 3.63) is 63.1 Å². The van der Waals surface area contributed by atoms with Crippen LogP contribution in [0.2, 0.25) is 0 Å². The van der Waals surface area contributed by atoms with E-state index in [4.69, 9.17) is 0 Å². The number of carbonyl (C=O) groups excluding carboxylic acids is 2. The van der Waals surface area contributed by atoms with E-state index in [0.717, 1.165) is 25.3 Å². The van der Waals surface area contributed by atoms with E-state index in [1.807, 2.05) is 5.01 Å². The average molecular weight is 418 g/mol. The molecule has 2 aliphatic rings. The van der Waals surface area contributed by atoms with Crippen molar-refractivity contribution >= 4 is 11.8 Å². The van der Waals surface area contributed by atoms with Crippen LogP contribution in [-0.2, 0) is 6.54 Å². The predicted molar refractivity (Wildman–Crippen MR) is 103 cm³/mol. The third-order valence-corrected chi connectivity index (χ3v) is 5.57. The van der Waals surface area contributed by atoms with Crippen molar-refractivity contribution in [2.75, 3.05) is 18.6 Å². The molecule has 1 aromatic heterocycles. The molecule has 1 aromatic carbocycles. The number of benzene rings is 1. The molecule has 0 radical (unpaired) electrons. The van der Waals surface area contributed by atoms with Gasteiger partial charge in [0.2, 0.25) is 5.43 Å². The van der Waals surface area contributed by atoms with Crippen LogP contribution in [0.3, 0.4) is 0 Å². The summed E-state index contributed by atoms with van der Waals surface area (Å²) in [7, 11) is 1.60. The minimum atomic E-state index is -1.09. The lowest BCUT2D eigenvalue weighted by atomic mass is 10.1. The number of nitrogens with zero attached hydrogens (tertiary/aromatic N) is 3. The standard InChI is InChI=1S/C20H20F2N4O4/c1-24-14-7-2-3-8-25(14)26-10-12(17(27)18(28)16(26)20(24)30)19(29)23-9-11-5-4-6-13(21)15(11)22/h4-6,10,14,28H,2-3,7-9H2,1H3,(H,23,29)/t14-/m0/s1. The van der Waals surface area contributed by atoms with Crippen LogP contribution in [0.4, 0.5) is 8.78 Å². The van der Waals surface area contributed by atoms with E-state index in [0.29, 0.717) is 6.54 Å². The van der Waals surface area contributed by atoms with Crippen LogP contribution in [0, 0.1) is 11.6 Å². The number of aromatic hydroxyl groups is 1. The maximum Gasteiger partial charge on any atom is 0.277 e. The van der Waals surface area contributed by atoms with Crippen molar-refractivity contribution in [2.45, 2.75) is 32.0 Å². The molecule has 0 spiro atoms. The van der Waals surface area contributed by atoms with Gasteiger partial charge in [-0.25, -0.2) is 8.78 Å². The second-order valence-electron chi connectivity index (χ2n) is 7.36. The summed E-state index contributed by atoms with van der Waals surface area (Å²) in [5, 5.41) is 14.6. The summed E-state index contributed by atoms with van der Waals surface area (Å²) < 4.78 is 28.5. The maximum atomic E-state index is 13.8. The van der Waals surface area contributed by atoms with E-state index in [2.05, 4.69) is 5.32 Å². The Balaban J connectivity index is 1.69. The number of aromatic nitrogens is 1. The lowest BCUT2D eigenvalue weighted by Crippen LogP contribution is -2.61. The number of piperidine rings is 1. The molecule has 2 aliphatic heterocycles. The van der Waals surface area contributed by atoms with Crippen LogP contribution < -0.4 is 15.8 Å². The van der Waals surface area contributed by atoms with Gasteiger partial charge in [0.05, 0.1) is 0 Å². The zero-order valence-corrected chi connectivity index (χ0v) is 16.2. The Morgan fingerprint density at radius 2 is 2.03 bits per heavy atom. The Bertz CT molecular complexity index is 1100. The minimum Gasteiger partial charge on any atom is -0.502 e. The molecule has 4 rings (SSSR count). The molecule has 30 heavy (non-hydrogen) atoms. The summed E-state index contributed by atoms with van der Waals surface area (Å²) in [5.74, 6) is -4.34. The van der Waals surface area contributed by atoms with Crippen molar-refractivity contribution in [1.29, 1.82) is 0 Å². The highest BCUT2D eigenvalue weighted by Gasteiger charge is 2.39. The van der Waals surface area contributed by atoms with Crippen molar-refractivity contribution in [1.82, 2.24) is 14.9 Å². The zero-order chi connectivity index (χ0) is 21.6. The molecule has 1 saturated heterocycles. The molecular formula is C20H20F2N4O4. The fourth-order valence-corrected chi connectivity index (χ4v) is 3.95. The number of fused-ring (bicyclic) bond motifs is 3. The van der Waals surface area contributed by atoms with E-state index < -0.39 is 40.2 Å². The van der Waals surface area contributed by atoms with Crippen LogP contribution in [0.15, 0.2) is 29.2 Å². The fourth-order valence-electron chi connectivity index (χ4n) is 3.95. The first-order valence-corrected chi connectivity index (χ1v) is 9.55. The first kappa shape index (κ1) is 19.9. The summed E-state index contributed by atoms with van der Waals surface area (Å²) in [6.45, 7) is 0.228. The van der Waals surface area contributed by atoms with Gasteiger partial charge in [0.15, 0.2) is 23.1 Å². The summed E-state index contributed by atoms with van der Waals surface area (Å²) in [6, 6.07) is 3.57. The van der Waals surface area contributed by atoms with E-state index in [9.17, 15) is 28.3 Å². The molecule has 10 heteroatoms.